The van der Waals surface area contributed by atoms with E-state index in [9.17, 15) is 9.59 Å². The third-order valence-corrected chi connectivity index (χ3v) is 11.7. The molecular weight excluding hydrogens is 653 g/mol. The third-order valence-electron chi connectivity index (χ3n) is 9.40. The zero-order valence-electron chi connectivity index (χ0n) is 28.0. The number of aromatic nitrogens is 4. The van der Waals surface area contributed by atoms with Gasteiger partial charge in [0.2, 0.25) is 11.8 Å². The number of amides is 2. The lowest BCUT2D eigenvalue weighted by Crippen LogP contribution is -2.45. The second-order valence-corrected chi connectivity index (χ2v) is 14.8. The van der Waals surface area contributed by atoms with Crippen LogP contribution in [-0.4, -0.2) is 92.1 Å². The highest BCUT2D eigenvalue weighted by Gasteiger charge is 2.44. The number of pyridine rings is 1. The maximum Gasteiger partial charge on any atom is 0.241 e. The fraction of sp³-hybridized carbons (Fsp3) is 0.324. The van der Waals surface area contributed by atoms with Crippen LogP contribution in [0.5, 0.6) is 0 Å². The minimum absolute atomic E-state index is 0.0379. The Kier molecular flexibility index (Phi) is 9.53. The summed E-state index contributed by atoms with van der Waals surface area (Å²) in [5.74, 6) is 0.0676. The van der Waals surface area contributed by atoms with Crippen LogP contribution in [0.2, 0.25) is 0 Å². The standard InChI is InChI=1S/C37H40N8O2S2/c1-4-38-36-40-21-32(49-36)27-7-5-25(6-8-27)26-12-16-45(17-13-26)33(46)22-44-18-14-37(23-44,48-3)35(47)41-29-9-10-31-30(20-29)34(43-42-31)28-11-15-39-24(2)19-28/h5-12,15,19-21H,4,13-14,16-18,22-23H2,1-3H3,(H,38,40)(H,41,47)(H,42,43)/t37-/m0/s1. The van der Waals surface area contributed by atoms with E-state index >= 15 is 0 Å². The Morgan fingerprint density at radius 1 is 1.04 bits per heavy atom. The molecule has 12 heteroatoms. The maximum absolute atomic E-state index is 13.8. The van der Waals surface area contributed by atoms with E-state index in [2.05, 4.69) is 73.0 Å². The second kappa shape index (κ2) is 14.1. The normalized spacial score (nSPS) is 18.1. The molecule has 3 aromatic heterocycles. The Morgan fingerprint density at radius 2 is 1.88 bits per heavy atom. The molecule has 3 N–H and O–H groups in total. The molecule has 2 amide bonds. The Balaban J connectivity index is 0.949. The van der Waals surface area contributed by atoms with Crippen molar-refractivity contribution < 1.29 is 9.59 Å². The van der Waals surface area contributed by atoms with Gasteiger partial charge in [-0.05, 0) is 80.0 Å². The molecule has 0 bridgehead atoms. The average molecular weight is 693 g/mol. The first-order chi connectivity index (χ1) is 23.8. The molecular formula is C37H40N8O2S2. The zero-order chi connectivity index (χ0) is 34.0. The Morgan fingerprint density at radius 3 is 2.63 bits per heavy atom. The van der Waals surface area contributed by atoms with Gasteiger partial charge in [-0.2, -0.15) is 5.10 Å². The van der Waals surface area contributed by atoms with Crippen LogP contribution in [0.15, 0.2) is 73.1 Å². The van der Waals surface area contributed by atoms with E-state index in [0.717, 1.165) is 62.1 Å². The second-order valence-electron chi connectivity index (χ2n) is 12.6. The first kappa shape index (κ1) is 33.0. The van der Waals surface area contributed by atoms with Crippen molar-refractivity contribution in [1.82, 2.24) is 30.0 Å². The van der Waals surface area contributed by atoms with Crippen LogP contribution in [0.4, 0.5) is 10.8 Å². The monoisotopic (exact) mass is 692 g/mol. The summed E-state index contributed by atoms with van der Waals surface area (Å²) in [4.78, 5) is 41.1. The van der Waals surface area contributed by atoms with Crippen LogP contribution in [0.3, 0.4) is 0 Å². The van der Waals surface area contributed by atoms with Gasteiger partial charge in [0, 0.05) is 67.4 Å². The third kappa shape index (κ3) is 6.99. The number of rotatable bonds is 10. The quantitative estimate of drug-likeness (QED) is 0.151. The van der Waals surface area contributed by atoms with Crippen LogP contribution in [0.1, 0.15) is 31.0 Å². The summed E-state index contributed by atoms with van der Waals surface area (Å²) in [7, 11) is 0. The highest BCUT2D eigenvalue weighted by atomic mass is 32.2. The van der Waals surface area contributed by atoms with Gasteiger partial charge in [0.1, 0.15) is 10.4 Å². The van der Waals surface area contributed by atoms with Crippen molar-refractivity contribution in [3.8, 4) is 21.7 Å². The van der Waals surface area contributed by atoms with Crippen molar-refractivity contribution in [3.05, 3.63) is 84.3 Å². The summed E-state index contributed by atoms with van der Waals surface area (Å²) in [6, 6.07) is 18.4. The first-order valence-electron chi connectivity index (χ1n) is 16.6. The number of aryl methyl sites for hydroxylation is 1. The van der Waals surface area contributed by atoms with Crippen molar-refractivity contribution in [1.29, 1.82) is 0 Å². The predicted molar refractivity (Wildman–Crippen MR) is 201 cm³/mol. The topological polar surface area (TPSA) is 119 Å². The molecule has 0 unspecified atom stereocenters. The molecule has 7 rings (SSSR count). The molecule has 0 saturated carbocycles. The van der Waals surface area contributed by atoms with E-state index < -0.39 is 4.75 Å². The number of thiazole rings is 1. The van der Waals surface area contributed by atoms with Crippen molar-refractivity contribution >= 4 is 62.2 Å². The van der Waals surface area contributed by atoms with Gasteiger partial charge in [-0.15, -0.1) is 11.8 Å². The van der Waals surface area contributed by atoms with Crippen molar-refractivity contribution in [2.75, 3.05) is 56.2 Å². The van der Waals surface area contributed by atoms with E-state index in [1.54, 1.807) is 29.3 Å². The van der Waals surface area contributed by atoms with Gasteiger partial charge in [0.15, 0.2) is 5.13 Å². The molecule has 0 radical (unpaired) electrons. The molecule has 2 aromatic carbocycles. The number of thioether (sulfide) groups is 1. The fourth-order valence-corrected chi connectivity index (χ4v) is 8.36. The maximum atomic E-state index is 13.8. The summed E-state index contributed by atoms with van der Waals surface area (Å²) in [5.41, 5.74) is 7.95. The first-order valence-corrected chi connectivity index (χ1v) is 18.7. The van der Waals surface area contributed by atoms with Gasteiger partial charge in [-0.25, -0.2) is 4.98 Å². The number of fused-ring (bicyclic) bond motifs is 1. The Labute approximate surface area is 294 Å². The molecule has 5 heterocycles. The summed E-state index contributed by atoms with van der Waals surface area (Å²) in [5, 5.41) is 15.9. The van der Waals surface area contributed by atoms with Gasteiger partial charge in [-0.1, -0.05) is 41.7 Å². The lowest BCUT2D eigenvalue weighted by atomic mass is 9.98. The van der Waals surface area contributed by atoms with Crippen LogP contribution in [-0.2, 0) is 9.59 Å². The van der Waals surface area contributed by atoms with Crippen molar-refractivity contribution in [2.24, 2.45) is 0 Å². The van der Waals surface area contributed by atoms with E-state index in [4.69, 9.17) is 0 Å². The number of likely N-dealkylation sites (tertiary alicyclic amines) is 1. The molecule has 10 nitrogen and oxygen atoms in total. The summed E-state index contributed by atoms with van der Waals surface area (Å²) in [6.45, 7) is 7.69. The summed E-state index contributed by atoms with van der Waals surface area (Å²) < 4.78 is -0.634. The van der Waals surface area contributed by atoms with Gasteiger partial charge in [0.05, 0.1) is 16.9 Å². The molecule has 0 spiro atoms. The minimum atomic E-state index is -0.634. The van der Waals surface area contributed by atoms with Crippen LogP contribution in [0.25, 0.3) is 38.2 Å². The highest BCUT2D eigenvalue weighted by Crippen LogP contribution is 2.36. The lowest BCUT2D eigenvalue weighted by molar-refractivity contribution is -0.132. The summed E-state index contributed by atoms with van der Waals surface area (Å²) in [6.07, 6.45) is 9.35. The predicted octanol–water partition coefficient (Wildman–Crippen LogP) is 6.55. The van der Waals surface area contributed by atoms with Crippen LogP contribution in [0, 0.1) is 6.92 Å². The van der Waals surface area contributed by atoms with E-state index in [1.165, 1.54) is 11.1 Å². The van der Waals surface area contributed by atoms with Gasteiger partial charge < -0.3 is 15.5 Å². The number of hydrogen-bond donors (Lipinski definition) is 3. The molecule has 252 valence electrons. The van der Waals surface area contributed by atoms with E-state index in [-0.39, 0.29) is 11.8 Å². The smallest absolute Gasteiger partial charge is 0.241 e. The van der Waals surface area contributed by atoms with E-state index in [1.807, 2.05) is 54.6 Å². The molecule has 2 aliphatic rings. The SMILES string of the molecule is CCNc1ncc(-c2ccc(C3=CCN(C(=O)CN4CC[C@@](SC)(C(=O)Nc5ccc6[nH]nc(-c7ccnc(C)c7)c6c5)C4)CC3)cc2)s1. The number of anilines is 2. The average Bonchev–Trinajstić information content (AvgIpc) is 3.88. The largest absolute Gasteiger partial charge is 0.362 e. The van der Waals surface area contributed by atoms with Crippen molar-refractivity contribution in [3.63, 3.8) is 0 Å². The van der Waals surface area contributed by atoms with E-state index in [0.29, 0.717) is 39.1 Å². The molecule has 1 atom stereocenters. The van der Waals surface area contributed by atoms with Gasteiger partial charge >= 0.3 is 0 Å². The number of carbonyl (C=O) groups is 2. The molecule has 2 aliphatic heterocycles. The molecule has 1 saturated heterocycles. The fourth-order valence-electron chi connectivity index (χ4n) is 6.63. The molecule has 49 heavy (non-hydrogen) atoms. The Hall–Kier alpha value is -4.52. The number of hydrogen-bond acceptors (Lipinski definition) is 9. The minimum Gasteiger partial charge on any atom is -0.362 e. The highest BCUT2D eigenvalue weighted by molar-refractivity contribution is 8.00. The summed E-state index contributed by atoms with van der Waals surface area (Å²) >= 11 is 3.22. The number of aromatic amines is 1. The zero-order valence-corrected chi connectivity index (χ0v) is 29.6. The molecule has 5 aromatic rings. The van der Waals surface area contributed by atoms with Gasteiger partial charge in [-0.3, -0.25) is 24.6 Å². The molecule has 1 fully saturated rings. The van der Waals surface area contributed by atoms with Crippen LogP contribution >= 0.6 is 23.1 Å². The lowest BCUT2D eigenvalue weighted by Gasteiger charge is -2.29. The number of carbonyl (C=O) groups excluding carboxylic acids is 2. The van der Waals surface area contributed by atoms with Crippen LogP contribution < -0.4 is 10.6 Å². The number of nitrogens with zero attached hydrogens (tertiary/aromatic N) is 5. The number of benzene rings is 2. The van der Waals surface area contributed by atoms with Gasteiger partial charge in [0.25, 0.3) is 0 Å². The Bertz CT molecular complexity index is 2020. The number of nitrogens with one attached hydrogen (secondary N) is 3. The van der Waals surface area contributed by atoms with Crippen molar-refractivity contribution in [2.45, 2.75) is 31.4 Å². The molecule has 0 aliphatic carbocycles. The number of H-pyrrole nitrogens is 1.